The smallest absolute Gasteiger partial charge is 0.191 e. The molecule has 2 rings (SSSR count). The Labute approximate surface area is 154 Å². The molecule has 0 amide bonds. The molecule has 0 aromatic carbocycles. The van der Waals surface area contributed by atoms with E-state index in [0.29, 0.717) is 32.1 Å². The van der Waals surface area contributed by atoms with Crippen molar-refractivity contribution in [3.8, 4) is 0 Å². The van der Waals surface area contributed by atoms with Gasteiger partial charge in [0.1, 0.15) is 5.76 Å². The zero-order valence-electron chi connectivity index (χ0n) is 13.2. The quantitative estimate of drug-likeness (QED) is 0.273. The van der Waals surface area contributed by atoms with E-state index in [1.807, 2.05) is 12.1 Å². The largest absolute Gasteiger partial charge is 0.469 e. The number of hydrogen-bond donors (Lipinski definition) is 2. The van der Waals surface area contributed by atoms with Crippen LogP contribution in [0.4, 0.5) is 0 Å². The number of furan rings is 1. The van der Waals surface area contributed by atoms with Crippen LogP contribution in [-0.4, -0.2) is 58.7 Å². The third-order valence-corrected chi connectivity index (χ3v) is 5.15. The van der Waals surface area contributed by atoms with Crippen molar-refractivity contribution in [3.63, 3.8) is 0 Å². The maximum Gasteiger partial charge on any atom is 0.191 e. The summed E-state index contributed by atoms with van der Waals surface area (Å²) >= 11 is 0. The highest BCUT2D eigenvalue weighted by molar-refractivity contribution is 14.0. The van der Waals surface area contributed by atoms with Crippen LogP contribution in [0.15, 0.2) is 27.8 Å². The predicted molar refractivity (Wildman–Crippen MR) is 100 cm³/mol. The van der Waals surface area contributed by atoms with Crippen molar-refractivity contribution in [2.24, 2.45) is 4.99 Å². The van der Waals surface area contributed by atoms with Gasteiger partial charge in [-0.25, -0.2) is 8.42 Å². The highest BCUT2D eigenvalue weighted by Crippen LogP contribution is 2.11. The number of hydrogen-bond acceptors (Lipinski definition) is 5. The molecule has 0 spiro atoms. The zero-order chi connectivity index (χ0) is 15.8. The van der Waals surface area contributed by atoms with Crippen LogP contribution in [0.5, 0.6) is 0 Å². The van der Waals surface area contributed by atoms with Crippen molar-refractivity contribution in [1.82, 2.24) is 10.6 Å². The van der Waals surface area contributed by atoms with Crippen LogP contribution in [0.3, 0.4) is 0 Å². The first kappa shape index (κ1) is 20.2. The Balaban J connectivity index is 0.00000264. The minimum atomic E-state index is -2.91. The molecule has 1 aromatic rings. The number of ether oxygens (including phenoxy) is 1. The van der Waals surface area contributed by atoms with Gasteiger partial charge >= 0.3 is 0 Å². The molecule has 2 N–H and O–H groups in total. The Kier molecular flexibility index (Phi) is 8.92. The van der Waals surface area contributed by atoms with E-state index in [1.165, 1.54) is 0 Å². The van der Waals surface area contributed by atoms with Gasteiger partial charge in [0.05, 0.1) is 30.9 Å². The van der Waals surface area contributed by atoms with E-state index in [2.05, 4.69) is 15.6 Å². The second-order valence-corrected chi connectivity index (χ2v) is 7.45. The fraction of sp³-hybridized carbons (Fsp3) is 0.643. The Morgan fingerprint density at radius 1 is 1.52 bits per heavy atom. The van der Waals surface area contributed by atoms with Crippen LogP contribution in [-0.2, 0) is 21.0 Å². The van der Waals surface area contributed by atoms with Crippen molar-refractivity contribution in [1.29, 1.82) is 0 Å². The summed E-state index contributed by atoms with van der Waals surface area (Å²) in [6.45, 7) is 1.70. The van der Waals surface area contributed by atoms with Crippen LogP contribution in [0.2, 0.25) is 0 Å². The summed E-state index contributed by atoms with van der Waals surface area (Å²) in [6, 6.07) is 3.69. The molecule has 0 radical (unpaired) electrons. The SMILES string of the molecule is COCCN=C(NCCc1ccco1)NC1CCS(=O)(=O)C1.I. The van der Waals surface area contributed by atoms with Gasteiger partial charge in [-0.3, -0.25) is 4.99 Å². The fourth-order valence-corrected chi connectivity index (χ4v) is 3.94. The van der Waals surface area contributed by atoms with Gasteiger partial charge in [0, 0.05) is 26.1 Å². The summed E-state index contributed by atoms with van der Waals surface area (Å²) in [5.41, 5.74) is 0. The molecule has 7 nitrogen and oxygen atoms in total. The standard InChI is InChI=1S/C14H23N3O4S.HI/c1-20-9-7-16-14(15-6-4-13-3-2-8-21-13)17-12-5-10-22(18,19)11-12;/h2-3,8,12H,4-7,9-11H2,1H3,(H2,15,16,17);1H. The Morgan fingerprint density at radius 2 is 2.35 bits per heavy atom. The summed E-state index contributed by atoms with van der Waals surface area (Å²) in [5, 5.41) is 6.38. The van der Waals surface area contributed by atoms with Crippen LogP contribution >= 0.6 is 24.0 Å². The zero-order valence-corrected chi connectivity index (χ0v) is 16.3. The van der Waals surface area contributed by atoms with Gasteiger partial charge in [-0.2, -0.15) is 0 Å². The van der Waals surface area contributed by atoms with E-state index >= 15 is 0 Å². The molecule has 1 atom stereocenters. The lowest BCUT2D eigenvalue weighted by Crippen LogP contribution is -2.44. The highest BCUT2D eigenvalue weighted by Gasteiger charge is 2.28. The molecule has 1 aliphatic rings. The number of nitrogens with one attached hydrogen (secondary N) is 2. The van der Waals surface area contributed by atoms with Gasteiger partial charge in [0.25, 0.3) is 0 Å². The van der Waals surface area contributed by atoms with E-state index in [1.54, 1.807) is 13.4 Å². The van der Waals surface area contributed by atoms with Gasteiger partial charge < -0.3 is 19.8 Å². The summed E-state index contributed by atoms with van der Waals surface area (Å²) in [6.07, 6.45) is 3.00. The molecule has 1 fully saturated rings. The number of methoxy groups -OCH3 is 1. The molecular weight excluding hydrogens is 433 g/mol. The van der Waals surface area contributed by atoms with Crippen molar-refractivity contribution in [3.05, 3.63) is 24.2 Å². The number of guanidine groups is 1. The molecule has 132 valence electrons. The summed E-state index contributed by atoms with van der Waals surface area (Å²) in [5.74, 6) is 1.91. The van der Waals surface area contributed by atoms with Crippen molar-refractivity contribution in [2.75, 3.05) is 38.3 Å². The second kappa shape index (κ2) is 10.1. The molecule has 1 aromatic heterocycles. The van der Waals surface area contributed by atoms with Gasteiger partial charge in [-0.05, 0) is 18.6 Å². The van der Waals surface area contributed by atoms with Gasteiger partial charge in [-0.1, -0.05) is 0 Å². The molecule has 9 heteroatoms. The van der Waals surface area contributed by atoms with E-state index < -0.39 is 9.84 Å². The van der Waals surface area contributed by atoms with Crippen LogP contribution < -0.4 is 10.6 Å². The molecule has 0 bridgehead atoms. The number of nitrogens with zero attached hydrogens (tertiary/aromatic N) is 1. The Morgan fingerprint density at radius 3 is 2.96 bits per heavy atom. The molecular formula is C14H24IN3O4S. The fourth-order valence-electron chi connectivity index (χ4n) is 2.26. The van der Waals surface area contributed by atoms with Gasteiger partial charge in [-0.15, -0.1) is 24.0 Å². The lowest BCUT2D eigenvalue weighted by Gasteiger charge is -2.16. The second-order valence-electron chi connectivity index (χ2n) is 5.22. The average molecular weight is 457 g/mol. The average Bonchev–Trinajstić information content (AvgIpc) is 3.08. The number of sulfone groups is 1. The number of rotatable bonds is 7. The normalized spacial score (nSPS) is 20.0. The number of aliphatic imine (C=N–C) groups is 1. The molecule has 0 saturated carbocycles. The molecule has 2 heterocycles. The number of halogens is 1. The molecule has 0 aliphatic carbocycles. The summed E-state index contributed by atoms with van der Waals surface area (Å²) < 4.78 is 33.3. The van der Waals surface area contributed by atoms with Crippen LogP contribution in [0, 0.1) is 0 Å². The monoisotopic (exact) mass is 457 g/mol. The van der Waals surface area contributed by atoms with Gasteiger partial charge in [0.2, 0.25) is 0 Å². The first-order valence-corrected chi connectivity index (χ1v) is 9.18. The first-order chi connectivity index (χ1) is 10.6. The van der Waals surface area contributed by atoms with E-state index in [4.69, 9.17) is 9.15 Å². The topological polar surface area (TPSA) is 92.9 Å². The Bertz CT molecular complexity index is 575. The molecule has 1 aliphatic heterocycles. The summed E-state index contributed by atoms with van der Waals surface area (Å²) in [4.78, 5) is 4.39. The Hall–Kier alpha value is -0.810. The maximum atomic E-state index is 11.5. The third-order valence-electron chi connectivity index (χ3n) is 3.38. The lowest BCUT2D eigenvalue weighted by atomic mass is 10.3. The van der Waals surface area contributed by atoms with Gasteiger partial charge in [0.15, 0.2) is 15.8 Å². The van der Waals surface area contributed by atoms with Crippen LogP contribution in [0.25, 0.3) is 0 Å². The minimum absolute atomic E-state index is 0. The van der Waals surface area contributed by atoms with Crippen molar-refractivity contribution < 1.29 is 17.6 Å². The molecule has 1 unspecified atom stereocenters. The summed E-state index contributed by atoms with van der Waals surface area (Å²) in [7, 11) is -1.29. The molecule has 1 saturated heterocycles. The first-order valence-electron chi connectivity index (χ1n) is 7.35. The van der Waals surface area contributed by atoms with Crippen molar-refractivity contribution in [2.45, 2.75) is 18.9 Å². The predicted octanol–water partition coefficient (Wildman–Crippen LogP) is 0.809. The maximum absolute atomic E-state index is 11.5. The minimum Gasteiger partial charge on any atom is -0.469 e. The van der Waals surface area contributed by atoms with E-state index in [0.717, 1.165) is 12.2 Å². The third kappa shape index (κ3) is 7.53. The van der Waals surface area contributed by atoms with E-state index in [-0.39, 0.29) is 41.5 Å². The van der Waals surface area contributed by atoms with Crippen LogP contribution in [0.1, 0.15) is 12.2 Å². The highest BCUT2D eigenvalue weighted by atomic mass is 127. The van der Waals surface area contributed by atoms with E-state index in [9.17, 15) is 8.42 Å². The lowest BCUT2D eigenvalue weighted by molar-refractivity contribution is 0.208. The van der Waals surface area contributed by atoms with Crippen molar-refractivity contribution >= 4 is 39.8 Å². The molecule has 23 heavy (non-hydrogen) atoms.